The van der Waals surface area contributed by atoms with Crippen molar-refractivity contribution >= 4 is 17.8 Å². The van der Waals surface area contributed by atoms with E-state index in [4.69, 9.17) is 0 Å². The standard InChI is InChI=1S/C19H28N4O3/c1-13(17(24)22-19(26)21-16-6-4-5-7-16)23(3)12-14-8-10-15(11-9-14)18(25)20-2/h8-11,13,16H,4-7,12H2,1-3H3,(H,20,25)(H2,21,22,24,26). The molecular weight excluding hydrogens is 332 g/mol. The van der Waals surface area contributed by atoms with Crippen LogP contribution in [0, 0.1) is 0 Å². The number of carbonyl (C=O) groups excluding carboxylic acids is 3. The molecule has 142 valence electrons. The number of hydrogen-bond donors (Lipinski definition) is 3. The Hall–Kier alpha value is -2.41. The van der Waals surface area contributed by atoms with E-state index in [1.54, 1.807) is 26.1 Å². The summed E-state index contributed by atoms with van der Waals surface area (Å²) in [5.41, 5.74) is 1.57. The van der Waals surface area contributed by atoms with Gasteiger partial charge in [-0.15, -0.1) is 0 Å². The van der Waals surface area contributed by atoms with E-state index in [2.05, 4.69) is 16.0 Å². The van der Waals surface area contributed by atoms with Crippen molar-refractivity contribution in [2.24, 2.45) is 0 Å². The summed E-state index contributed by atoms with van der Waals surface area (Å²) in [7, 11) is 3.42. The van der Waals surface area contributed by atoms with E-state index in [0.29, 0.717) is 12.1 Å². The molecule has 0 saturated heterocycles. The fourth-order valence-corrected chi connectivity index (χ4v) is 3.04. The van der Waals surface area contributed by atoms with Gasteiger partial charge in [0.05, 0.1) is 6.04 Å². The van der Waals surface area contributed by atoms with Crippen LogP contribution in [0.25, 0.3) is 0 Å². The van der Waals surface area contributed by atoms with Crippen molar-refractivity contribution in [2.45, 2.75) is 51.2 Å². The molecule has 0 heterocycles. The van der Waals surface area contributed by atoms with Gasteiger partial charge in [0.1, 0.15) is 0 Å². The van der Waals surface area contributed by atoms with Crippen molar-refractivity contribution in [3.63, 3.8) is 0 Å². The Labute approximate surface area is 154 Å². The number of imide groups is 1. The Morgan fingerprint density at radius 2 is 1.77 bits per heavy atom. The van der Waals surface area contributed by atoms with Gasteiger partial charge in [-0.25, -0.2) is 4.79 Å². The molecule has 1 atom stereocenters. The summed E-state index contributed by atoms with van der Waals surface area (Å²) >= 11 is 0. The Balaban J connectivity index is 1.83. The van der Waals surface area contributed by atoms with Gasteiger partial charge < -0.3 is 10.6 Å². The summed E-state index contributed by atoms with van der Waals surface area (Å²) in [6, 6.07) is 6.52. The maximum absolute atomic E-state index is 12.3. The number of amides is 4. The molecule has 1 saturated carbocycles. The number of hydrogen-bond acceptors (Lipinski definition) is 4. The van der Waals surface area contributed by atoms with E-state index in [9.17, 15) is 14.4 Å². The first-order valence-corrected chi connectivity index (χ1v) is 9.03. The molecule has 3 N–H and O–H groups in total. The molecule has 1 aromatic rings. The molecule has 7 heteroatoms. The van der Waals surface area contributed by atoms with E-state index in [0.717, 1.165) is 31.2 Å². The van der Waals surface area contributed by atoms with Crippen LogP contribution < -0.4 is 16.0 Å². The summed E-state index contributed by atoms with van der Waals surface area (Å²) in [5, 5.41) is 7.85. The van der Waals surface area contributed by atoms with Gasteiger partial charge in [-0.05, 0) is 44.5 Å². The first kappa shape index (κ1) is 19.9. The quantitative estimate of drug-likeness (QED) is 0.719. The maximum Gasteiger partial charge on any atom is 0.321 e. The molecule has 4 amide bonds. The van der Waals surface area contributed by atoms with Crippen molar-refractivity contribution in [1.82, 2.24) is 20.9 Å². The SMILES string of the molecule is CNC(=O)c1ccc(CN(C)C(C)C(=O)NC(=O)NC2CCCC2)cc1. The van der Waals surface area contributed by atoms with Crippen LogP contribution in [0.1, 0.15) is 48.5 Å². The molecule has 1 aliphatic rings. The zero-order valence-electron chi connectivity index (χ0n) is 15.7. The van der Waals surface area contributed by atoms with Gasteiger partial charge in [-0.1, -0.05) is 25.0 Å². The lowest BCUT2D eigenvalue weighted by Crippen LogP contribution is -2.50. The average Bonchev–Trinajstić information content (AvgIpc) is 3.13. The normalized spacial score (nSPS) is 15.5. The highest BCUT2D eigenvalue weighted by atomic mass is 16.2. The molecule has 7 nitrogen and oxygen atoms in total. The Bertz CT molecular complexity index is 639. The third kappa shape index (κ3) is 5.56. The summed E-state index contributed by atoms with van der Waals surface area (Å²) in [6.45, 7) is 2.30. The summed E-state index contributed by atoms with van der Waals surface area (Å²) < 4.78 is 0. The van der Waals surface area contributed by atoms with E-state index in [1.165, 1.54) is 0 Å². The van der Waals surface area contributed by atoms with Crippen LogP contribution in [0.2, 0.25) is 0 Å². The minimum atomic E-state index is -0.456. The molecule has 0 bridgehead atoms. The lowest BCUT2D eigenvalue weighted by molar-refractivity contribution is -0.124. The summed E-state index contributed by atoms with van der Waals surface area (Å²) in [4.78, 5) is 37.6. The smallest absolute Gasteiger partial charge is 0.321 e. The number of benzene rings is 1. The fourth-order valence-electron chi connectivity index (χ4n) is 3.04. The molecule has 0 aromatic heterocycles. The molecule has 26 heavy (non-hydrogen) atoms. The van der Waals surface area contributed by atoms with Gasteiger partial charge in [0.25, 0.3) is 5.91 Å². The van der Waals surface area contributed by atoms with Crippen LogP contribution in [0.4, 0.5) is 4.79 Å². The highest BCUT2D eigenvalue weighted by Gasteiger charge is 2.22. The van der Waals surface area contributed by atoms with E-state index >= 15 is 0 Å². The molecule has 2 rings (SSSR count). The first-order chi connectivity index (χ1) is 12.4. The molecule has 0 aliphatic heterocycles. The Morgan fingerprint density at radius 3 is 2.35 bits per heavy atom. The second kappa shape index (κ2) is 9.33. The van der Waals surface area contributed by atoms with Gasteiger partial charge >= 0.3 is 6.03 Å². The minimum absolute atomic E-state index is 0.133. The van der Waals surface area contributed by atoms with Gasteiger partial charge in [-0.3, -0.25) is 19.8 Å². The van der Waals surface area contributed by atoms with Gasteiger partial charge in [0.15, 0.2) is 0 Å². The molecule has 1 aliphatic carbocycles. The first-order valence-electron chi connectivity index (χ1n) is 9.03. The Kier molecular flexibility index (Phi) is 7.15. The van der Waals surface area contributed by atoms with Gasteiger partial charge in [0, 0.05) is 25.2 Å². The number of rotatable bonds is 6. The van der Waals surface area contributed by atoms with Crippen LogP contribution in [0.15, 0.2) is 24.3 Å². The number of nitrogens with zero attached hydrogens (tertiary/aromatic N) is 1. The summed E-state index contributed by atoms with van der Waals surface area (Å²) in [5.74, 6) is -0.462. The minimum Gasteiger partial charge on any atom is -0.355 e. The van der Waals surface area contributed by atoms with Crippen LogP contribution in [-0.4, -0.2) is 48.9 Å². The van der Waals surface area contributed by atoms with Crippen LogP contribution in [-0.2, 0) is 11.3 Å². The van der Waals surface area contributed by atoms with E-state index < -0.39 is 12.1 Å². The molecule has 1 aromatic carbocycles. The van der Waals surface area contributed by atoms with Crippen molar-refractivity contribution in [3.05, 3.63) is 35.4 Å². The second-order valence-corrected chi connectivity index (χ2v) is 6.81. The zero-order valence-corrected chi connectivity index (χ0v) is 15.7. The van der Waals surface area contributed by atoms with Crippen LogP contribution in [0.3, 0.4) is 0 Å². The lowest BCUT2D eigenvalue weighted by atomic mass is 10.1. The molecular formula is C19H28N4O3. The number of urea groups is 1. The number of nitrogens with one attached hydrogen (secondary N) is 3. The van der Waals surface area contributed by atoms with Crippen molar-refractivity contribution in [1.29, 1.82) is 0 Å². The summed E-state index contributed by atoms with van der Waals surface area (Å²) in [6.07, 6.45) is 4.19. The third-order valence-electron chi connectivity index (χ3n) is 4.84. The number of carbonyl (C=O) groups is 3. The number of likely N-dealkylation sites (N-methyl/N-ethyl adjacent to an activating group) is 1. The average molecular weight is 360 g/mol. The monoisotopic (exact) mass is 360 g/mol. The second-order valence-electron chi connectivity index (χ2n) is 6.81. The van der Waals surface area contributed by atoms with Gasteiger partial charge in [-0.2, -0.15) is 0 Å². The van der Waals surface area contributed by atoms with Crippen molar-refractivity contribution < 1.29 is 14.4 Å². The van der Waals surface area contributed by atoms with Crippen LogP contribution in [0.5, 0.6) is 0 Å². The largest absolute Gasteiger partial charge is 0.355 e. The van der Waals surface area contributed by atoms with Crippen molar-refractivity contribution in [2.75, 3.05) is 14.1 Å². The van der Waals surface area contributed by atoms with Crippen LogP contribution >= 0.6 is 0 Å². The van der Waals surface area contributed by atoms with Crippen molar-refractivity contribution in [3.8, 4) is 0 Å². The molecule has 1 fully saturated rings. The molecule has 0 radical (unpaired) electrons. The highest BCUT2D eigenvalue weighted by Crippen LogP contribution is 2.17. The third-order valence-corrected chi connectivity index (χ3v) is 4.84. The van der Waals surface area contributed by atoms with E-state index in [1.807, 2.05) is 24.1 Å². The lowest BCUT2D eigenvalue weighted by Gasteiger charge is -2.24. The highest BCUT2D eigenvalue weighted by molar-refractivity contribution is 5.97. The fraction of sp³-hybridized carbons (Fsp3) is 0.526. The predicted octanol–water partition coefficient (Wildman–Crippen LogP) is 1.63. The topological polar surface area (TPSA) is 90.5 Å². The predicted molar refractivity (Wildman–Crippen MR) is 99.7 cm³/mol. The Morgan fingerprint density at radius 1 is 1.15 bits per heavy atom. The molecule has 0 spiro atoms. The zero-order chi connectivity index (χ0) is 19.1. The molecule has 1 unspecified atom stereocenters. The van der Waals surface area contributed by atoms with Gasteiger partial charge in [0.2, 0.25) is 5.91 Å². The van der Waals surface area contributed by atoms with E-state index in [-0.39, 0.29) is 17.9 Å². The maximum atomic E-state index is 12.3.